The highest BCUT2D eigenvalue weighted by atomic mass is 16.4. The lowest BCUT2D eigenvalue weighted by molar-refractivity contribution is -0.126. The van der Waals surface area contributed by atoms with Gasteiger partial charge in [-0.2, -0.15) is 0 Å². The van der Waals surface area contributed by atoms with Crippen LogP contribution in [0, 0.1) is 5.41 Å². The van der Waals surface area contributed by atoms with Crippen LogP contribution in [0.1, 0.15) is 50.5 Å². The van der Waals surface area contributed by atoms with Crippen molar-refractivity contribution in [3.05, 3.63) is 35.4 Å². The summed E-state index contributed by atoms with van der Waals surface area (Å²) in [6, 6.07) is 6.62. The summed E-state index contributed by atoms with van der Waals surface area (Å²) in [5, 5.41) is 15.0. The van der Waals surface area contributed by atoms with Crippen LogP contribution in [-0.2, 0) is 11.3 Å². The van der Waals surface area contributed by atoms with Crippen molar-refractivity contribution in [1.29, 1.82) is 0 Å². The van der Waals surface area contributed by atoms with E-state index in [0.717, 1.165) is 5.56 Å². The van der Waals surface area contributed by atoms with Crippen molar-refractivity contribution in [2.45, 2.75) is 46.7 Å². The number of benzene rings is 1. The molecule has 0 unspecified atom stereocenters. The van der Waals surface area contributed by atoms with Crippen molar-refractivity contribution in [1.82, 2.24) is 10.6 Å². The number of aromatic carboxylic acids is 1. The van der Waals surface area contributed by atoms with Gasteiger partial charge in [-0.25, -0.2) is 4.79 Å². The van der Waals surface area contributed by atoms with Crippen LogP contribution in [-0.4, -0.2) is 29.1 Å². The molecule has 1 rings (SSSR count). The molecule has 5 heteroatoms. The molecule has 1 aromatic rings. The fraction of sp³-hybridized carbons (Fsp3) is 0.529. The third-order valence-corrected chi connectivity index (χ3v) is 3.28. The molecule has 1 aromatic carbocycles. The Hall–Kier alpha value is -1.88. The summed E-state index contributed by atoms with van der Waals surface area (Å²) in [6.07, 6.45) is 0. The number of carbonyl (C=O) groups is 2. The van der Waals surface area contributed by atoms with Crippen molar-refractivity contribution in [3.8, 4) is 0 Å². The van der Waals surface area contributed by atoms with Gasteiger partial charge in [0.15, 0.2) is 0 Å². The molecule has 3 N–H and O–H groups in total. The van der Waals surface area contributed by atoms with Crippen LogP contribution in [0.3, 0.4) is 0 Å². The van der Waals surface area contributed by atoms with Crippen molar-refractivity contribution in [2.75, 3.05) is 6.54 Å². The van der Waals surface area contributed by atoms with Gasteiger partial charge in [0.05, 0.1) is 11.1 Å². The van der Waals surface area contributed by atoms with Crippen LogP contribution >= 0.6 is 0 Å². The molecule has 5 nitrogen and oxygen atoms in total. The Morgan fingerprint density at radius 3 is 2.05 bits per heavy atom. The van der Waals surface area contributed by atoms with Gasteiger partial charge in [-0.3, -0.25) is 10.1 Å². The first kappa shape index (κ1) is 18.2. The minimum atomic E-state index is -0.943. The van der Waals surface area contributed by atoms with E-state index in [2.05, 4.69) is 31.4 Å². The average Bonchev–Trinajstić information content (AvgIpc) is 2.42. The van der Waals surface area contributed by atoms with Crippen LogP contribution in [0.2, 0.25) is 0 Å². The highest BCUT2D eigenvalue weighted by Gasteiger charge is 2.27. The second-order valence-electron chi connectivity index (χ2n) is 7.22. The number of carbonyl (C=O) groups excluding carboxylic acids is 1. The molecular formula is C17H26N2O3. The fourth-order valence-corrected chi connectivity index (χ4v) is 1.73. The van der Waals surface area contributed by atoms with Crippen LogP contribution in [0.5, 0.6) is 0 Å². The third-order valence-electron chi connectivity index (χ3n) is 3.28. The van der Waals surface area contributed by atoms with Gasteiger partial charge in [-0.05, 0) is 37.0 Å². The quantitative estimate of drug-likeness (QED) is 0.754. The van der Waals surface area contributed by atoms with E-state index in [-0.39, 0.29) is 16.9 Å². The fourth-order valence-electron chi connectivity index (χ4n) is 1.73. The van der Waals surface area contributed by atoms with E-state index >= 15 is 0 Å². The molecule has 0 spiro atoms. The van der Waals surface area contributed by atoms with Crippen molar-refractivity contribution < 1.29 is 14.7 Å². The van der Waals surface area contributed by atoms with Gasteiger partial charge in [0.2, 0.25) is 5.91 Å². The summed E-state index contributed by atoms with van der Waals surface area (Å²) < 4.78 is 0. The lowest BCUT2D eigenvalue weighted by Crippen LogP contribution is -2.53. The zero-order valence-corrected chi connectivity index (χ0v) is 14.0. The zero-order valence-electron chi connectivity index (χ0n) is 14.0. The first-order valence-corrected chi connectivity index (χ1v) is 7.37. The molecule has 122 valence electrons. The maximum Gasteiger partial charge on any atom is 0.335 e. The SMILES string of the molecule is CC(C)(C)CNC(=O)C(C)(C)NCc1ccc(C(=O)O)cc1. The minimum absolute atomic E-state index is 0.0401. The second kappa shape index (κ2) is 6.92. The Labute approximate surface area is 132 Å². The number of hydrogen-bond donors (Lipinski definition) is 3. The number of carboxylic acids is 1. The van der Waals surface area contributed by atoms with E-state index in [9.17, 15) is 9.59 Å². The standard InChI is InChI=1S/C17H26N2O3/c1-16(2,3)11-18-15(22)17(4,5)19-10-12-6-8-13(9-7-12)14(20)21/h6-9,19H,10-11H2,1-5H3,(H,18,22)(H,20,21). The molecule has 0 aliphatic heterocycles. The van der Waals surface area contributed by atoms with Crippen LogP contribution in [0.25, 0.3) is 0 Å². The second-order valence-corrected chi connectivity index (χ2v) is 7.22. The topological polar surface area (TPSA) is 78.4 Å². The highest BCUT2D eigenvalue weighted by Crippen LogP contribution is 2.12. The number of hydrogen-bond acceptors (Lipinski definition) is 3. The normalized spacial score (nSPS) is 12.0. The molecule has 0 atom stereocenters. The van der Waals surface area contributed by atoms with E-state index in [1.54, 1.807) is 24.3 Å². The Bertz CT molecular complexity index is 528. The van der Waals surface area contributed by atoms with Crippen molar-refractivity contribution in [2.24, 2.45) is 5.41 Å². The van der Waals surface area contributed by atoms with Gasteiger partial charge in [-0.1, -0.05) is 32.9 Å². The molecule has 0 saturated heterocycles. The molecule has 1 amide bonds. The zero-order chi connectivity index (χ0) is 17.0. The molecule has 0 fully saturated rings. The summed E-state index contributed by atoms with van der Waals surface area (Å²) in [6.45, 7) is 11.0. The number of rotatable bonds is 6. The van der Waals surface area contributed by atoms with Gasteiger partial charge in [-0.15, -0.1) is 0 Å². The number of nitrogens with one attached hydrogen (secondary N) is 2. The monoisotopic (exact) mass is 306 g/mol. The molecule has 0 radical (unpaired) electrons. The molecule has 0 aliphatic rings. The van der Waals surface area contributed by atoms with Gasteiger partial charge in [0.1, 0.15) is 0 Å². The van der Waals surface area contributed by atoms with Crippen LogP contribution < -0.4 is 10.6 Å². The minimum Gasteiger partial charge on any atom is -0.478 e. The summed E-state index contributed by atoms with van der Waals surface area (Å²) >= 11 is 0. The smallest absolute Gasteiger partial charge is 0.335 e. The Morgan fingerprint density at radius 2 is 1.59 bits per heavy atom. The van der Waals surface area contributed by atoms with E-state index in [1.165, 1.54) is 0 Å². The van der Waals surface area contributed by atoms with E-state index in [4.69, 9.17) is 5.11 Å². The number of amides is 1. The molecular weight excluding hydrogens is 280 g/mol. The van der Waals surface area contributed by atoms with Crippen LogP contribution in [0.15, 0.2) is 24.3 Å². The summed E-state index contributed by atoms with van der Waals surface area (Å²) in [5.74, 6) is -0.994. The van der Waals surface area contributed by atoms with Gasteiger partial charge < -0.3 is 10.4 Å². The summed E-state index contributed by atoms with van der Waals surface area (Å²) in [7, 11) is 0. The van der Waals surface area contributed by atoms with Crippen molar-refractivity contribution in [3.63, 3.8) is 0 Å². The van der Waals surface area contributed by atoms with Gasteiger partial charge in [0.25, 0.3) is 0 Å². The largest absolute Gasteiger partial charge is 0.478 e. The van der Waals surface area contributed by atoms with Crippen molar-refractivity contribution >= 4 is 11.9 Å². The predicted octanol–water partition coefficient (Wildman–Crippen LogP) is 2.42. The maximum atomic E-state index is 12.2. The highest BCUT2D eigenvalue weighted by molar-refractivity contribution is 5.87. The predicted molar refractivity (Wildman–Crippen MR) is 86.8 cm³/mol. The molecule has 0 heterocycles. The molecule has 0 bridgehead atoms. The lowest BCUT2D eigenvalue weighted by atomic mass is 9.96. The lowest BCUT2D eigenvalue weighted by Gasteiger charge is -2.28. The van der Waals surface area contributed by atoms with E-state index in [0.29, 0.717) is 13.1 Å². The first-order chi connectivity index (χ1) is 10.0. The van der Waals surface area contributed by atoms with Crippen LogP contribution in [0.4, 0.5) is 0 Å². The molecule has 0 aliphatic carbocycles. The van der Waals surface area contributed by atoms with E-state index in [1.807, 2.05) is 13.8 Å². The summed E-state index contributed by atoms with van der Waals surface area (Å²) in [4.78, 5) is 23.0. The molecule has 0 saturated carbocycles. The van der Waals surface area contributed by atoms with E-state index < -0.39 is 11.5 Å². The molecule has 0 aromatic heterocycles. The first-order valence-electron chi connectivity index (χ1n) is 7.37. The molecule has 22 heavy (non-hydrogen) atoms. The number of carboxylic acid groups (broad SMARTS) is 1. The Morgan fingerprint density at radius 1 is 1.05 bits per heavy atom. The maximum absolute atomic E-state index is 12.2. The van der Waals surface area contributed by atoms with Gasteiger partial charge in [0, 0.05) is 13.1 Å². The Kier molecular flexibility index (Phi) is 5.72. The van der Waals surface area contributed by atoms with Gasteiger partial charge >= 0.3 is 5.97 Å². The average molecular weight is 306 g/mol. The third kappa shape index (κ3) is 5.85. The summed E-state index contributed by atoms with van der Waals surface area (Å²) in [5.41, 5.74) is 0.530. The Balaban J connectivity index is 2.57.